The topological polar surface area (TPSA) is 270 Å². The number of nitrogens with zero attached hydrogens (tertiary/aromatic N) is 2. The molecule has 19 nitrogen and oxygen atoms in total. The first kappa shape index (κ1) is 60.7. The molecule has 6 N–H and O–H groups in total. The molecule has 6 amide bonds. The maximum Gasteiger partial charge on any atom is 0.329 e. The van der Waals surface area contributed by atoms with Gasteiger partial charge in [0.25, 0.3) is 23.6 Å². The highest BCUT2D eigenvalue weighted by atomic mass is 32.2. The van der Waals surface area contributed by atoms with Crippen LogP contribution < -0.4 is 31.9 Å². The van der Waals surface area contributed by atoms with Gasteiger partial charge in [-0.05, 0) is 88.1 Å². The third kappa shape index (κ3) is 22.8. The van der Waals surface area contributed by atoms with Crippen molar-refractivity contribution in [2.45, 2.75) is 149 Å². The quantitative estimate of drug-likeness (QED) is 0.0381. The van der Waals surface area contributed by atoms with E-state index >= 15 is 0 Å². The maximum absolute atomic E-state index is 13.0. The molecule has 2 aromatic heterocycles. The number of thioether (sulfide) groups is 1. The second kappa shape index (κ2) is 33.9. The molecule has 0 fully saturated rings. The summed E-state index contributed by atoms with van der Waals surface area (Å²) in [4.78, 5) is 122. The van der Waals surface area contributed by atoms with Gasteiger partial charge in [-0.25, -0.2) is 19.6 Å². The number of hydrogen-bond donors (Lipinski definition) is 7. The summed E-state index contributed by atoms with van der Waals surface area (Å²) in [5.41, 5.74) is 1.05. The van der Waals surface area contributed by atoms with Gasteiger partial charge < -0.3 is 41.4 Å². The molecule has 0 unspecified atom stereocenters. The Morgan fingerprint density at radius 2 is 1.12 bits per heavy atom. The van der Waals surface area contributed by atoms with E-state index in [-0.39, 0.29) is 78.5 Å². The summed E-state index contributed by atoms with van der Waals surface area (Å²) in [6.07, 6.45) is 15.6. The number of amides is 6. The minimum atomic E-state index is -0.992. The van der Waals surface area contributed by atoms with E-state index in [1.54, 1.807) is 76.3 Å². The fourth-order valence-corrected chi connectivity index (χ4v) is 7.75. The van der Waals surface area contributed by atoms with Gasteiger partial charge in [-0.15, -0.1) is 0 Å². The van der Waals surface area contributed by atoms with Crippen molar-refractivity contribution >= 4 is 76.9 Å². The van der Waals surface area contributed by atoms with Crippen molar-refractivity contribution < 1.29 is 52.6 Å². The summed E-state index contributed by atoms with van der Waals surface area (Å²) in [7, 11) is 0. The van der Waals surface area contributed by atoms with Crippen LogP contribution in [0.4, 0.5) is 0 Å². The van der Waals surface area contributed by atoms with E-state index in [9.17, 15) is 43.2 Å². The Balaban J connectivity index is 0.000000397. The molecule has 0 saturated heterocycles. The molecule has 0 aliphatic carbocycles. The number of pyridine rings is 2. The molecule has 2 aliphatic rings. The van der Waals surface area contributed by atoms with Gasteiger partial charge in [0.1, 0.15) is 47.1 Å². The number of ether oxygens (including phenoxy) is 2. The van der Waals surface area contributed by atoms with Gasteiger partial charge in [0.15, 0.2) is 5.12 Å². The first-order valence-electron chi connectivity index (χ1n) is 24.7. The van der Waals surface area contributed by atoms with Crippen molar-refractivity contribution in [2.75, 3.05) is 11.5 Å². The van der Waals surface area contributed by atoms with Crippen molar-refractivity contribution in [1.82, 2.24) is 41.9 Å². The molecular weight excluding hydrogens is 977 g/mol. The van der Waals surface area contributed by atoms with Crippen molar-refractivity contribution in [3.63, 3.8) is 0 Å². The molecule has 4 bridgehead atoms. The minimum absolute atomic E-state index is 0.0147. The molecule has 2 aromatic rings. The number of thiol groups is 1. The van der Waals surface area contributed by atoms with Crippen LogP contribution in [0.2, 0.25) is 0 Å². The number of nitrogens with one attached hydrogen (secondary N) is 6. The van der Waals surface area contributed by atoms with Gasteiger partial charge >= 0.3 is 11.9 Å². The van der Waals surface area contributed by atoms with Crippen LogP contribution in [-0.4, -0.2) is 98.3 Å². The number of fused-ring (bicyclic) bond motifs is 4. The summed E-state index contributed by atoms with van der Waals surface area (Å²) in [6, 6.07) is 7.67. The predicted octanol–water partition coefficient (Wildman–Crippen LogP) is 5.53. The van der Waals surface area contributed by atoms with E-state index in [0.717, 1.165) is 19.3 Å². The zero-order valence-corrected chi connectivity index (χ0v) is 44.0. The largest absolute Gasteiger partial charge is 0.456 e. The van der Waals surface area contributed by atoms with Crippen molar-refractivity contribution in [3.8, 4) is 0 Å². The fraction of sp³-hybridized carbons (Fsp3) is 0.481. The zero-order valence-electron chi connectivity index (χ0n) is 42.3. The second-order valence-electron chi connectivity index (χ2n) is 16.7. The average molecular weight is 1050 g/mol. The highest BCUT2D eigenvalue weighted by Crippen LogP contribution is 2.15. The lowest BCUT2D eigenvalue weighted by Gasteiger charge is -2.21. The van der Waals surface area contributed by atoms with Crippen molar-refractivity contribution in [3.05, 3.63) is 107 Å². The number of hydrogen-bond acceptors (Lipinski definition) is 15. The number of aromatic nitrogens is 2. The summed E-state index contributed by atoms with van der Waals surface area (Å²) in [6.45, 7) is 8.92. The molecule has 73 heavy (non-hydrogen) atoms. The molecule has 4 atom stereocenters. The second-order valence-corrected chi connectivity index (χ2v) is 18.3. The molecular formula is C52H70N8O11S2. The van der Waals surface area contributed by atoms with Gasteiger partial charge in [-0.3, -0.25) is 33.6 Å². The van der Waals surface area contributed by atoms with Crippen LogP contribution in [-0.2, 0) is 56.1 Å². The Morgan fingerprint density at radius 1 is 0.658 bits per heavy atom. The standard InChI is InChI=1S/C30H42N4O6S.C22H28N4O5S/c1-4-7-8-9-10-17-27(36)41-18-12-11-15-22-19-26(35)31-20-21-14-13-16-25(32-21)29(38)33-23(5-2)28(37)34-24(6-3)30(39)40-22;1-3-16-20(28)26-17(4-2)22(30)31-15(9-5-6-11-32)12-19(27)23-13-14-8-7-10-18(24-14)21(29)25-16/h5,11,13-16,22,24H,4,6-10,12,17-20H2,1-3H3,(H,31,35)(H,33,38)(H,34,37);3,5,7-10,15,17,32H,4,6,11-13H2,1-2H3,(H,23,27)(H,25,29)(H,26,28)/b15-11+,23-5-;9-5+,16-3-/t22-,24+;15-,17+/m11/s1. The average Bonchev–Trinajstić information content (AvgIpc) is 3.38. The van der Waals surface area contributed by atoms with E-state index in [0.29, 0.717) is 42.2 Å². The van der Waals surface area contributed by atoms with Gasteiger partial charge in [0.2, 0.25) is 11.8 Å². The molecule has 396 valence electrons. The van der Waals surface area contributed by atoms with Gasteiger partial charge in [-0.2, -0.15) is 12.6 Å². The molecule has 0 radical (unpaired) electrons. The van der Waals surface area contributed by atoms with E-state index in [2.05, 4.69) is 61.4 Å². The summed E-state index contributed by atoms with van der Waals surface area (Å²) in [5, 5.41) is 15.8. The maximum atomic E-state index is 13.0. The molecule has 4 rings (SSSR count). The van der Waals surface area contributed by atoms with Gasteiger partial charge in [0, 0.05) is 12.2 Å². The lowest BCUT2D eigenvalue weighted by Crippen LogP contribution is -2.46. The third-order valence-corrected chi connectivity index (χ3v) is 12.1. The van der Waals surface area contributed by atoms with Crippen LogP contribution in [0.25, 0.3) is 0 Å². The zero-order chi connectivity index (χ0) is 53.5. The fourth-order valence-electron chi connectivity index (χ4n) is 6.83. The smallest absolute Gasteiger partial charge is 0.329 e. The monoisotopic (exact) mass is 1050 g/mol. The molecule has 0 saturated carbocycles. The normalized spacial score (nSPS) is 21.0. The van der Waals surface area contributed by atoms with E-state index in [1.165, 1.54) is 48.9 Å². The van der Waals surface area contributed by atoms with Crippen LogP contribution in [0.3, 0.4) is 0 Å². The highest BCUT2D eigenvalue weighted by molar-refractivity contribution is 8.13. The molecule has 0 aromatic carbocycles. The lowest BCUT2D eigenvalue weighted by atomic mass is 10.1. The van der Waals surface area contributed by atoms with Gasteiger partial charge in [0.05, 0.1) is 37.3 Å². The number of carbonyl (C=O) groups is 9. The van der Waals surface area contributed by atoms with Crippen molar-refractivity contribution in [1.29, 1.82) is 0 Å². The van der Waals surface area contributed by atoms with Crippen LogP contribution in [0.15, 0.2) is 84.2 Å². The number of rotatable bonds is 15. The van der Waals surface area contributed by atoms with Crippen LogP contribution in [0.5, 0.6) is 0 Å². The summed E-state index contributed by atoms with van der Waals surface area (Å²) in [5.74, 6) is -3.36. The minimum Gasteiger partial charge on any atom is -0.456 e. The first-order chi connectivity index (χ1) is 35.1. The van der Waals surface area contributed by atoms with E-state index in [1.807, 2.05) is 0 Å². The number of unbranched alkanes of at least 4 members (excludes halogenated alkanes) is 4. The molecule has 4 heterocycles. The van der Waals surface area contributed by atoms with E-state index in [4.69, 9.17) is 9.47 Å². The third-order valence-electron chi connectivity index (χ3n) is 10.9. The Morgan fingerprint density at radius 3 is 1.56 bits per heavy atom. The predicted molar refractivity (Wildman–Crippen MR) is 280 cm³/mol. The number of esters is 2. The summed E-state index contributed by atoms with van der Waals surface area (Å²) >= 11 is 5.43. The molecule has 0 spiro atoms. The lowest BCUT2D eigenvalue weighted by molar-refractivity contribution is -0.152. The Hall–Kier alpha value is -6.61. The molecule has 21 heteroatoms. The van der Waals surface area contributed by atoms with E-state index < -0.39 is 59.9 Å². The Kier molecular flexibility index (Phi) is 28.2. The van der Waals surface area contributed by atoms with Gasteiger partial charge in [-0.1, -0.05) is 94.7 Å². The Labute approximate surface area is 437 Å². The van der Waals surface area contributed by atoms with Crippen LogP contribution >= 0.6 is 24.4 Å². The van der Waals surface area contributed by atoms with Crippen molar-refractivity contribution in [2.24, 2.45) is 0 Å². The number of cyclic esters (lactones) is 2. The first-order valence-corrected chi connectivity index (χ1v) is 26.3. The SMILES string of the molecule is C/C=C1\NC(=O)c2cccc(n2)CNC(=O)C[C@@H](/C=C/CCS)OC(=O)[C@H](CC)NC1=O.C/C=C1\NC(=O)c2cccc(n2)CNC(=O)C[C@@H](/C=C/CCSC(=O)CCCCCCC)OC(=O)[C@H](CC)NC1=O. The van der Waals surface area contributed by atoms with Crippen LogP contribution in [0.1, 0.15) is 144 Å². The number of carbonyl (C=O) groups excluding carboxylic acids is 9. The molecule has 2 aliphatic heterocycles. The number of allylic oxidation sites excluding steroid dienone is 4. The van der Waals surface area contributed by atoms with Crippen LogP contribution in [0, 0.1) is 0 Å². The Bertz CT molecular complexity index is 2350. The highest BCUT2D eigenvalue weighted by Gasteiger charge is 2.28. The summed E-state index contributed by atoms with van der Waals surface area (Å²) < 4.78 is 11.1.